The van der Waals surface area contributed by atoms with Gasteiger partial charge in [-0.15, -0.1) is 22.7 Å². The Bertz CT molecular complexity index is 955. The zero-order valence-electron chi connectivity index (χ0n) is 14.0. The third-order valence-corrected chi connectivity index (χ3v) is 5.68. The number of para-hydroxylation sites is 2. The number of ether oxygens (including phenoxy) is 2. The lowest BCUT2D eigenvalue weighted by atomic mass is 10.2. The van der Waals surface area contributed by atoms with Crippen molar-refractivity contribution in [2.75, 3.05) is 6.61 Å². The molecule has 4 rings (SSSR count). The number of nitrogens with one attached hydrogen (secondary N) is 2. The molecule has 1 aliphatic rings. The van der Waals surface area contributed by atoms with E-state index in [0.29, 0.717) is 17.2 Å². The summed E-state index contributed by atoms with van der Waals surface area (Å²) in [5.41, 5.74) is 5.42. The molecule has 1 aromatic carbocycles. The van der Waals surface area contributed by atoms with Crippen LogP contribution >= 0.6 is 22.7 Å². The molecule has 2 aromatic heterocycles. The van der Waals surface area contributed by atoms with Gasteiger partial charge in [0.05, 0.1) is 17.0 Å². The van der Waals surface area contributed by atoms with E-state index in [1.807, 2.05) is 29.0 Å². The van der Waals surface area contributed by atoms with Gasteiger partial charge in [-0.25, -0.2) is 4.98 Å². The first-order valence-electron chi connectivity index (χ1n) is 8.14. The number of amides is 2. The van der Waals surface area contributed by atoms with E-state index in [1.165, 1.54) is 11.3 Å². The molecular formula is C18H15N3O4S2. The minimum atomic E-state index is -0.829. The molecule has 9 heteroatoms. The number of thiophene rings is 1. The van der Waals surface area contributed by atoms with E-state index >= 15 is 0 Å². The largest absolute Gasteiger partial charge is 0.485 e. The monoisotopic (exact) mass is 401 g/mol. The van der Waals surface area contributed by atoms with Gasteiger partial charge in [-0.2, -0.15) is 0 Å². The molecule has 27 heavy (non-hydrogen) atoms. The van der Waals surface area contributed by atoms with E-state index in [9.17, 15) is 9.59 Å². The number of thiazole rings is 1. The molecule has 0 spiro atoms. The SMILES string of the molecule is O=C(Cc1csc(-c2cccs2)n1)NNC(=O)C1COc2ccccc2O1. The highest BCUT2D eigenvalue weighted by atomic mass is 32.1. The highest BCUT2D eigenvalue weighted by Gasteiger charge is 2.27. The zero-order chi connectivity index (χ0) is 18.6. The minimum Gasteiger partial charge on any atom is -0.485 e. The van der Waals surface area contributed by atoms with Crippen molar-refractivity contribution in [1.29, 1.82) is 0 Å². The third kappa shape index (κ3) is 4.09. The predicted octanol–water partition coefficient (Wildman–Crippen LogP) is 2.40. The van der Waals surface area contributed by atoms with Gasteiger partial charge >= 0.3 is 0 Å². The molecule has 0 fully saturated rings. The highest BCUT2D eigenvalue weighted by Crippen LogP contribution is 2.31. The summed E-state index contributed by atoms with van der Waals surface area (Å²) in [5, 5.41) is 4.70. The maximum absolute atomic E-state index is 12.2. The van der Waals surface area contributed by atoms with E-state index in [2.05, 4.69) is 15.8 Å². The number of hydrazine groups is 1. The van der Waals surface area contributed by atoms with Gasteiger partial charge in [-0.05, 0) is 23.6 Å². The highest BCUT2D eigenvalue weighted by molar-refractivity contribution is 7.20. The number of fused-ring (bicyclic) bond motifs is 1. The molecule has 3 aromatic rings. The quantitative estimate of drug-likeness (QED) is 0.656. The minimum absolute atomic E-state index is 0.0764. The molecule has 2 N–H and O–H groups in total. The van der Waals surface area contributed by atoms with Gasteiger partial charge in [-0.3, -0.25) is 20.4 Å². The lowest BCUT2D eigenvalue weighted by molar-refractivity contribution is -0.134. The summed E-state index contributed by atoms with van der Waals surface area (Å²) in [5.74, 6) is 0.258. The summed E-state index contributed by atoms with van der Waals surface area (Å²) in [6, 6.07) is 11.1. The molecule has 2 amide bonds. The van der Waals surface area contributed by atoms with Crippen LogP contribution < -0.4 is 20.3 Å². The van der Waals surface area contributed by atoms with Gasteiger partial charge in [0.25, 0.3) is 5.91 Å². The number of carbonyl (C=O) groups is 2. The van der Waals surface area contributed by atoms with Crippen molar-refractivity contribution < 1.29 is 19.1 Å². The molecule has 1 unspecified atom stereocenters. The van der Waals surface area contributed by atoms with Crippen molar-refractivity contribution in [2.45, 2.75) is 12.5 Å². The van der Waals surface area contributed by atoms with E-state index in [4.69, 9.17) is 9.47 Å². The summed E-state index contributed by atoms with van der Waals surface area (Å²) in [6.45, 7) is 0.0784. The van der Waals surface area contributed by atoms with Crippen molar-refractivity contribution in [3.05, 3.63) is 52.9 Å². The lowest BCUT2D eigenvalue weighted by Gasteiger charge is -2.25. The predicted molar refractivity (Wildman–Crippen MR) is 102 cm³/mol. The summed E-state index contributed by atoms with van der Waals surface area (Å²) in [7, 11) is 0. The first kappa shape index (κ1) is 17.5. The van der Waals surface area contributed by atoms with Gasteiger partial charge < -0.3 is 9.47 Å². The molecule has 1 aliphatic heterocycles. The third-order valence-electron chi connectivity index (χ3n) is 3.75. The molecule has 0 aliphatic carbocycles. The Balaban J connectivity index is 1.28. The maximum atomic E-state index is 12.2. The first-order chi connectivity index (χ1) is 13.2. The van der Waals surface area contributed by atoms with Crippen molar-refractivity contribution in [2.24, 2.45) is 0 Å². The second-order valence-corrected chi connectivity index (χ2v) is 7.51. The molecule has 138 valence electrons. The van der Waals surface area contributed by atoms with Crippen molar-refractivity contribution in [1.82, 2.24) is 15.8 Å². The average molecular weight is 401 g/mol. The van der Waals surface area contributed by atoms with E-state index in [-0.39, 0.29) is 18.9 Å². The van der Waals surface area contributed by atoms with Gasteiger partial charge in [0.15, 0.2) is 11.5 Å². The van der Waals surface area contributed by atoms with Crippen LogP contribution in [0.25, 0.3) is 9.88 Å². The Hall–Kier alpha value is -2.91. The number of hydrogen-bond donors (Lipinski definition) is 2. The van der Waals surface area contributed by atoms with Crippen LogP contribution in [0.3, 0.4) is 0 Å². The Morgan fingerprint density at radius 3 is 2.78 bits per heavy atom. The van der Waals surface area contributed by atoms with Gasteiger partial charge in [0.1, 0.15) is 11.6 Å². The van der Waals surface area contributed by atoms with E-state index in [0.717, 1.165) is 9.88 Å². The molecule has 0 bridgehead atoms. The standard InChI is InChI=1S/C18H15N3O4S2/c22-16(8-11-10-27-18(19-11)15-6-3-7-26-15)20-21-17(23)14-9-24-12-4-1-2-5-13(12)25-14/h1-7,10,14H,8-9H2,(H,20,22)(H,21,23). The van der Waals surface area contributed by atoms with Gasteiger partial charge in [0, 0.05) is 5.38 Å². The van der Waals surface area contributed by atoms with Crippen LogP contribution in [0.5, 0.6) is 11.5 Å². The number of carbonyl (C=O) groups excluding carboxylic acids is 2. The van der Waals surface area contributed by atoms with Crippen molar-refractivity contribution in [3.63, 3.8) is 0 Å². The Labute approximate surface area is 162 Å². The fraction of sp³-hybridized carbons (Fsp3) is 0.167. The molecule has 3 heterocycles. The number of nitrogens with zero attached hydrogens (tertiary/aromatic N) is 1. The number of benzene rings is 1. The van der Waals surface area contributed by atoms with Crippen LogP contribution in [0.1, 0.15) is 5.69 Å². The first-order valence-corrected chi connectivity index (χ1v) is 9.90. The van der Waals surface area contributed by atoms with Crippen LogP contribution in [0.15, 0.2) is 47.2 Å². The van der Waals surface area contributed by atoms with Crippen LogP contribution in [-0.2, 0) is 16.0 Å². The summed E-state index contributed by atoms with van der Waals surface area (Å²) >= 11 is 3.08. The number of rotatable bonds is 4. The fourth-order valence-electron chi connectivity index (χ4n) is 2.47. The molecule has 0 radical (unpaired) electrons. The zero-order valence-corrected chi connectivity index (χ0v) is 15.6. The molecule has 0 saturated carbocycles. The Kier molecular flexibility index (Phi) is 5.03. The normalized spacial score (nSPS) is 15.2. The Morgan fingerprint density at radius 2 is 1.96 bits per heavy atom. The van der Waals surface area contributed by atoms with Crippen molar-refractivity contribution in [3.8, 4) is 21.4 Å². The van der Waals surface area contributed by atoms with Gasteiger partial charge in [-0.1, -0.05) is 18.2 Å². The van der Waals surface area contributed by atoms with Crippen LogP contribution in [0, 0.1) is 0 Å². The van der Waals surface area contributed by atoms with Crippen LogP contribution in [0.4, 0.5) is 0 Å². The topological polar surface area (TPSA) is 89.6 Å². The fourth-order valence-corrected chi connectivity index (χ4v) is 4.10. The second kappa shape index (κ2) is 7.77. The second-order valence-electron chi connectivity index (χ2n) is 5.70. The van der Waals surface area contributed by atoms with Crippen LogP contribution in [0.2, 0.25) is 0 Å². The smallest absolute Gasteiger partial charge is 0.283 e. The Morgan fingerprint density at radius 1 is 1.11 bits per heavy atom. The average Bonchev–Trinajstić information content (AvgIpc) is 3.37. The van der Waals surface area contributed by atoms with Crippen LogP contribution in [-0.4, -0.2) is 29.5 Å². The molecular weight excluding hydrogens is 386 g/mol. The van der Waals surface area contributed by atoms with E-state index in [1.54, 1.807) is 29.5 Å². The van der Waals surface area contributed by atoms with Crippen molar-refractivity contribution >= 4 is 34.5 Å². The number of aromatic nitrogens is 1. The maximum Gasteiger partial charge on any atom is 0.283 e. The summed E-state index contributed by atoms with van der Waals surface area (Å²) in [4.78, 5) is 29.8. The molecule has 0 saturated heterocycles. The summed E-state index contributed by atoms with van der Waals surface area (Å²) < 4.78 is 11.1. The van der Waals surface area contributed by atoms with E-state index < -0.39 is 12.0 Å². The molecule has 1 atom stereocenters. The summed E-state index contributed by atoms with van der Waals surface area (Å²) in [6.07, 6.45) is -0.752. The van der Waals surface area contributed by atoms with Gasteiger partial charge in [0.2, 0.25) is 12.0 Å². The molecule has 7 nitrogen and oxygen atoms in total. The number of hydrogen-bond acceptors (Lipinski definition) is 7. The lowest BCUT2D eigenvalue weighted by Crippen LogP contribution is -2.51.